The van der Waals surface area contributed by atoms with E-state index in [1.807, 2.05) is 29.2 Å². The molecule has 0 aliphatic heterocycles. The molecule has 0 aliphatic carbocycles. The van der Waals surface area contributed by atoms with Gasteiger partial charge in [0.05, 0.1) is 18.0 Å². The molecule has 0 bridgehead atoms. The van der Waals surface area contributed by atoms with Gasteiger partial charge in [0.1, 0.15) is 5.75 Å². The van der Waals surface area contributed by atoms with Crippen molar-refractivity contribution in [1.82, 2.24) is 9.55 Å². The molecule has 0 atom stereocenters. The van der Waals surface area contributed by atoms with Crippen LogP contribution in [-0.2, 0) is 10.8 Å². The minimum atomic E-state index is -0.0231. The van der Waals surface area contributed by atoms with Crippen LogP contribution in [0.3, 0.4) is 0 Å². The van der Waals surface area contributed by atoms with Crippen LogP contribution in [-0.4, -0.2) is 16.2 Å². The van der Waals surface area contributed by atoms with Gasteiger partial charge in [-0.3, -0.25) is 0 Å². The van der Waals surface area contributed by atoms with Gasteiger partial charge in [0, 0.05) is 18.1 Å². The molecule has 0 unspecified atom stereocenters. The van der Waals surface area contributed by atoms with Crippen molar-refractivity contribution in [2.75, 3.05) is 6.61 Å². The lowest BCUT2D eigenvalue weighted by Crippen LogP contribution is -2.21. The number of nitrogens with zero attached hydrogens (tertiary/aromatic N) is 2. The highest BCUT2D eigenvalue weighted by Crippen LogP contribution is 2.36. The van der Waals surface area contributed by atoms with Crippen LogP contribution in [0.5, 0.6) is 5.75 Å². The zero-order valence-corrected chi connectivity index (χ0v) is 18.1. The van der Waals surface area contributed by atoms with Crippen LogP contribution in [0, 0.1) is 0 Å². The average Bonchev–Trinajstić information content (AvgIpc) is 3.17. The van der Waals surface area contributed by atoms with Gasteiger partial charge in [-0.25, -0.2) is 4.98 Å². The van der Waals surface area contributed by atoms with E-state index in [0.29, 0.717) is 6.61 Å². The summed E-state index contributed by atoms with van der Waals surface area (Å²) in [6, 6.07) is 14.6. The average molecular weight is 397 g/mol. The summed E-state index contributed by atoms with van der Waals surface area (Å²) in [7, 11) is 0. The van der Waals surface area contributed by atoms with Crippen LogP contribution < -0.4 is 4.74 Å². The minimum absolute atomic E-state index is 0.0104. The molecule has 1 heterocycles. The van der Waals surface area contributed by atoms with Gasteiger partial charge in [-0.1, -0.05) is 70.5 Å². The molecule has 0 N–H and O–H groups in total. The molecule has 0 amide bonds. The van der Waals surface area contributed by atoms with Crippen molar-refractivity contribution in [1.29, 1.82) is 0 Å². The predicted octanol–water partition coefficient (Wildman–Crippen LogP) is 6.57. The Morgan fingerprint density at radius 3 is 2.46 bits per heavy atom. The number of imidazole rings is 1. The van der Waals surface area contributed by atoms with Crippen molar-refractivity contribution in [3.63, 3.8) is 0 Å². The van der Waals surface area contributed by atoms with Gasteiger partial charge in [0.15, 0.2) is 0 Å². The van der Waals surface area contributed by atoms with E-state index in [2.05, 4.69) is 69.9 Å². The molecule has 1 aromatic heterocycles. The monoisotopic (exact) mass is 396 g/mol. The predicted molar refractivity (Wildman–Crippen MR) is 117 cm³/mol. The maximum absolute atomic E-state index is 6.60. The highest BCUT2D eigenvalue weighted by atomic mass is 35.5. The van der Waals surface area contributed by atoms with Crippen molar-refractivity contribution >= 4 is 11.6 Å². The molecule has 3 nitrogen and oxygen atoms in total. The van der Waals surface area contributed by atoms with E-state index >= 15 is 0 Å². The lowest BCUT2D eigenvalue weighted by atomic mass is 9.81. The fourth-order valence-corrected chi connectivity index (χ4v) is 3.73. The third-order valence-electron chi connectivity index (χ3n) is 5.19. The maximum Gasteiger partial charge on any atom is 0.138 e. The number of hydrogen-bond acceptors (Lipinski definition) is 2. The van der Waals surface area contributed by atoms with Gasteiger partial charge < -0.3 is 9.30 Å². The van der Waals surface area contributed by atoms with E-state index in [4.69, 9.17) is 16.3 Å². The molecule has 4 heteroatoms. The van der Waals surface area contributed by atoms with E-state index in [-0.39, 0.29) is 10.8 Å². The first-order valence-electron chi connectivity index (χ1n) is 9.69. The first-order chi connectivity index (χ1) is 13.2. The number of aromatic nitrogens is 2. The third kappa shape index (κ3) is 4.59. The molecule has 28 heavy (non-hydrogen) atoms. The van der Waals surface area contributed by atoms with Gasteiger partial charge in [-0.2, -0.15) is 0 Å². The fraction of sp³-hybridized carbons (Fsp3) is 0.375. The molecule has 3 aromatic rings. The largest absolute Gasteiger partial charge is 0.492 e. The molecule has 0 saturated carbocycles. The third-order valence-corrected chi connectivity index (χ3v) is 5.58. The van der Waals surface area contributed by atoms with E-state index in [1.54, 1.807) is 6.20 Å². The van der Waals surface area contributed by atoms with E-state index < -0.39 is 0 Å². The van der Waals surface area contributed by atoms with Gasteiger partial charge in [0.2, 0.25) is 0 Å². The Morgan fingerprint density at radius 2 is 1.79 bits per heavy atom. The molecule has 0 fully saturated rings. The Kier molecular flexibility index (Phi) is 5.85. The summed E-state index contributed by atoms with van der Waals surface area (Å²) in [5, 5.41) is 0.718. The van der Waals surface area contributed by atoms with Crippen LogP contribution in [0.2, 0.25) is 5.02 Å². The Labute approximate surface area is 173 Å². The first-order valence-corrected chi connectivity index (χ1v) is 10.1. The van der Waals surface area contributed by atoms with Gasteiger partial charge in [-0.15, -0.1) is 0 Å². The lowest BCUT2D eigenvalue weighted by Gasteiger charge is -2.27. The SMILES string of the molecule is CC(C)(C)c1cccc(OCCC(C)(C)c2cccc(-n3ccnc3)c2)c1Cl. The van der Waals surface area contributed by atoms with Crippen LogP contribution in [0.25, 0.3) is 5.69 Å². The summed E-state index contributed by atoms with van der Waals surface area (Å²) in [5.41, 5.74) is 3.47. The smallest absolute Gasteiger partial charge is 0.138 e. The van der Waals surface area contributed by atoms with Crippen molar-refractivity contribution < 1.29 is 4.74 Å². The molecule has 2 aromatic carbocycles. The van der Waals surface area contributed by atoms with Crippen LogP contribution in [0.15, 0.2) is 61.2 Å². The van der Waals surface area contributed by atoms with Gasteiger partial charge in [-0.05, 0) is 46.6 Å². The molecule has 0 radical (unpaired) electrons. The Balaban J connectivity index is 1.70. The number of hydrogen-bond donors (Lipinski definition) is 0. The quantitative estimate of drug-likeness (QED) is 0.471. The molecule has 0 spiro atoms. The molecular formula is C24H29ClN2O. The zero-order chi connectivity index (χ0) is 20.4. The van der Waals surface area contributed by atoms with Crippen molar-refractivity contribution in [2.45, 2.75) is 51.9 Å². The number of benzene rings is 2. The molecule has 3 rings (SSSR count). The van der Waals surface area contributed by atoms with Gasteiger partial charge in [0.25, 0.3) is 0 Å². The Hall–Kier alpha value is -2.26. The summed E-state index contributed by atoms with van der Waals surface area (Å²) in [4.78, 5) is 4.14. The second kappa shape index (κ2) is 8.00. The highest BCUT2D eigenvalue weighted by Gasteiger charge is 2.23. The second-order valence-corrected chi connectivity index (χ2v) is 9.25. The summed E-state index contributed by atoms with van der Waals surface area (Å²) >= 11 is 6.60. The minimum Gasteiger partial charge on any atom is -0.492 e. The molecule has 148 valence electrons. The summed E-state index contributed by atoms with van der Waals surface area (Å²) in [5.74, 6) is 0.761. The van der Waals surface area contributed by atoms with E-state index in [1.165, 1.54) is 5.56 Å². The van der Waals surface area contributed by atoms with Crippen LogP contribution in [0.4, 0.5) is 0 Å². The second-order valence-electron chi connectivity index (χ2n) is 8.87. The Bertz CT molecular complexity index is 924. The van der Waals surface area contributed by atoms with Crippen LogP contribution in [0.1, 0.15) is 52.2 Å². The van der Waals surface area contributed by atoms with Crippen LogP contribution >= 0.6 is 11.6 Å². The van der Waals surface area contributed by atoms with Gasteiger partial charge >= 0.3 is 0 Å². The summed E-state index contributed by atoms with van der Waals surface area (Å²) < 4.78 is 8.11. The normalized spacial score (nSPS) is 12.2. The lowest BCUT2D eigenvalue weighted by molar-refractivity contribution is 0.272. The van der Waals surface area contributed by atoms with Crippen molar-refractivity contribution in [3.05, 3.63) is 77.3 Å². The fourth-order valence-electron chi connectivity index (χ4n) is 3.26. The molecular weight excluding hydrogens is 368 g/mol. The zero-order valence-electron chi connectivity index (χ0n) is 17.4. The number of halogens is 1. The molecule has 0 aliphatic rings. The Morgan fingerprint density at radius 1 is 1.04 bits per heavy atom. The summed E-state index contributed by atoms with van der Waals surface area (Å²) in [6.07, 6.45) is 6.45. The van der Waals surface area contributed by atoms with Crippen molar-refractivity contribution in [2.24, 2.45) is 0 Å². The first kappa shape index (κ1) is 20.5. The standard InChI is InChI=1S/C24H29ClN2O/c1-23(2,3)20-10-7-11-21(22(20)25)28-15-12-24(4,5)18-8-6-9-19(16-18)27-14-13-26-17-27/h6-11,13-14,16-17H,12,15H2,1-5H3. The summed E-state index contributed by atoms with van der Waals surface area (Å²) in [6.45, 7) is 11.6. The molecule has 0 saturated heterocycles. The van der Waals surface area contributed by atoms with Crippen molar-refractivity contribution in [3.8, 4) is 11.4 Å². The van der Waals surface area contributed by atoms with E-state index in [9.17, 15) is 0 Å². The maximum atomic E-state index is 6.60. The number of ether oxygens (including phenoxy) is 1. The topological polar surface area (TPSA) is 27.1 Å². The number of rotatable bonds is 6. The highest BCUT2D eigenvalue weighted by molar-refractivity contribution is 6.33. The van der Waals surface area contributed by atoms with E-state index in [0.717, 1.165) is 28.4 Å².